The van der Waals surface area contributed by atoms with Crippen LogP contribution in [0.15, 0.2) is 47.4 Å². The average molecular weight is 415 g/mol. The minimum Gasteiger partial charge on any atom is -0.378 e. The molecule has 1 fully saturated rings. The zero-order chi connectivity index (χ0) is 20.4. The molecular weight excluding hydrogens is 384 g/mol. The fourth-order valence-corrected chi connectivity index (χ4v) is 5.73. The van der Waals surface area contributed by atoms with Gasteiger partial charge in [0.15, 0.2) is 0 Å². The molecule has 0 amide bonds. The van der Waals surface area contributed by atoms with E-state index in [4.69, 9.17) is 4.74 Å². The van der Waals surface area contributed by atoms with Gasteiger partial charge in [-0.3, -0.25) is 0 Å². The second-order valence-corrected chi connectivity index (χ2v) is 10.2. The van der Waals surface area contributed by atoms with E-state index in [1.165, 1.54) is 11.1 Å². The quantitative estimate of drug-likeness (QED) is 0.695. The van der Waals surface area contributed by atoms with Crippen LogP contribution in [0.25, 0.3) is 0 Å². The van der Waals surface area contributed by atoms with Gasteiger partial charge in [0, 0.05) is 39.5 Å². The van der Waals surface area contributed by atoms with Crippen LogP contribution in [0.1, 0.15) is 36.0 Å². The fourth-order valence-electron chi connectivity index (χ4n) is 4.22. The number of sulfonamides is 1. The lowest BCUT2D eigenvalue weighted by atomic mass is 10.1. The first kappa shape index (κ1) is 20.4. The first-order valence-corrected chi connectivity index (χ1v) is 11.9. The van der Waals surface area contributed by atoms with Crippen molar-refractivity contribution in [1.82, 2.24) is 4.31 Å². The van der Waals surface area contributed by atoms with E-state index in [1.807, 2.05) is 55.4 Å². The Hall–Kier alpha value is -1.89. The number of aryl methyl sites for hydroxylation is 2. The molecule has 2 aromatic rings. The fraction of sp³-hybridized carbons (Fsp3) is 0.478. The third kappa shape index (κ3) is 4.49. The van der Waals surface area contributed by atoms with Crippen LogP contribution in [0.3, 0.4) is 0 Å². The van der Waals surface area contributed by atoms with Gasteiger partial charge >= 0.3 is 0 Å². The smallest absolute Gasteiger partial charge is 0.243 e. The van der Waals surface area contributed by atoms with E-state index in [0.717, 1.165) is 50.0 Å². The minimum absolute atomic E-state index is 0.0275. The first-order valence-electron chi connectivity index (χ1n) is 10.4. The molecule has 1 saturated heterocycles. The zero-order valence-corrected chi connectivity index (χ0v) is 18.1. The zero-order valence-electron chi connectivity index (χ0n) is 17.3. The number of nitrogens with zero attached hydrogens (tertiary/aromatic N) is 2. The lowest BCUT2D eigenvalue weighted by Crippen LogP contribution is -2.37. The van der Waals surface area contributed by atoms with Crippen molar-refractivity contribution in [3.05, 3.63) is 59.2 Å². The van der Waals surface area contributed by atoms with Crippen molar-refractivity contribution < 1.29 is 13.2 Å². The van der Waals surface area contributed by atoms with Crippen molar-refractivity contribution in [2.24, 2.45) is 0 Å². The summed E-state index contributed by atoms with van der Waals surface area (Å²) < 4.78 is 34.5. The highest BCUT2D eigenvalue weighted by Gasteiger charge is 2.30. The topological polar surface area (TPSA) is 49.9 Å². The Bertz CT molecular complexity index is 949. The molecule has 1 aliphatic carbocycles. The van der Waals surface area contributed by atoms with Crippen LogP contribution in [-0.2, 0) is 34.1 Å². The van der Waals surface area contributed by atoms with Gasteiger partial charge < -0.3 is 9.64 Å². The Morgan fingerprint density at radius 1 is 1.00 bits per heavy atom. The van der Waals surface area contributed by atoms with Crippen molar-refractivity contribution in [2.75, 3.05) is 32.1 Å². The number of fused-ring (bicyclic) bond motifs is 1. The molecule has 5 nitrogen and oxygen atoms in total. The Labute approximate surface area is 174 Å². The standard InChI is InChI=1S/C23H30N2O3S/c1-24(2)21-11-8-18(9-12-21)16-25(17-22-7-4-14-28-22)29(26,27)23-13-10-19-5-3-6-20(19)15-23/h8-13,15,22H,3-7,14,16-17H2,1-2H3/t22-/m0/s1. The second-order valence-electron chi connectivity index (χ2n) is 8.28. The molecule has 29 heavy (non-hydrogen) atoms. The molecule has 0 unspecified atom stereocenters. The monoisotopic (exact) mass is 414 g/mol. The summed E-state index contributed by atoms with van der Waals surface area (Å²) in [6.45, 7) is 1.47. The van der Waals surface area contributed by atoms with E-state index in [-0.39, 0.29) is 6.10 Å². The van der Waals surface area contributed by atoms with E-state index < -0.39 is 10.0 Å². The van der Waals surface area contributed by atoms with Gasteiger partial charge in [0.2, 0.25) is 10.0 Å². The van der Waals surface area contributed by atoms with Crippen LogP contribution < -0.4 is 4.90 Å². The van der Waals surface area contributed by atoms with Crippen molar-refractivity contribution in [3.8, 4) is 0 Å². The molecule has 0 spiro atoms. The Morgan fingerprint density at radius 2 is 1.76 bits per heavy atom. The number of anilines is 1. The van der Waals surface area contributed by atoms with Gasteiger partial charge in [-0.15, -0.1) is 0 Å². The van der Waals surface area contributed by atoms with Crippen LogP contribution >= 0.6 is 0 Å². The highest BCUT2D eigenvalue weighted by molar-refractivity contribution is 7.89. The predicted molar refractivity (Wildman–Crippen MR) is 116 cm³/mol. The second kappa shape index (κ2) is 8.46. The van der Waals surface area contributed by atoms with Gasteiger partial charge in [0.25, 0.3) is 0 Å². The summed E-state index contributed by atoms with van der Waals surface area (Å²) in [6, 6.07) is 13.7. The van der Waals surface area contributed by atoms with E-state index in [1.54, 1.807) is 10.4 Å². The van der Waals surface area contributed by atoms with Crippen molar-refractivity contribution in [2.45, 2.75) is 49.6 Å². The lowest BCUT2D eigenvalue weighted by molar-refractivity contribution is 0.0926. The molecule has 156 valence electrons. The van der Waals surface area contributed by atoms with Gasteiger partial charge in [-0.1, -0.05) is 18.2 Å². The largest absolute Gasteiger partial charge is 0.378 e. The average Bonchev–Trinajstić information content (AvgIpc) is 3.39. The molecule has 1 heterocycles. The highest BCUT2D eigenvalue weighted by Crippen LogP contribution is 2.28. The molecular formula is C23H30N2O3S. The summed E-state index contributed by atoms with van der Waals surface area (Å²) in [5.74, 6) is 0. The van der Waals surface area contributed by atoms with E-state index in [2.05, 4.69) is 0 Å². The third-order valence-corrected chi connectivity index (χ3v) is 7.76. The molecule has 1 aliphatic heterocycles. The number of hydrogen-bond donors (Lipinski definition) is 0. The van der Waals surface area contributed by atoms with Crippen molar-refractivity contribution in [1.29, 1.82) is 0 Å². The number of rotatable bonds is 7. The Kier molecular flexibility index (Phi) is 5.95. The summed E-state index contributed by atoms with van der Waals surface area (Å²) in [4.78, 5) is 2.44. The van der Waals surface area contributed by atoms with E-state index >= 15 is 0 Å². The molecule has 4 rings (SSSR count). The maximum atomic E-state index is 13.6. The van der Waals surface area contributed by atoms with Crippen LogP contribution in [-0.4, -0.2) is 46.1 Å². The van der Waals surface area contributed by atoms with Crippen molar-refractivity contribution in [3.63, 3.8) is 0 Å². The van der Waals surface area contributed by atoms with Gasteiger partial charge in [0.1, 0.15) is 0 Å². The number of benzene rings is 2. The number of ether oxygens (including phenoxy) is 1. The van der Waals surface area contributed by atoms with Gasteiger partial charge in [-0.2, -0.15) is 4.31 Å². The predicted octanol–water partition coefficient (Wildman–Crippen LogP) is 3.61. The van der Waals surface area contributed by atoms with Crippen LogP contribution in [0.5, 0.6) is 0 Å². The molecule has 2 aliphatic rings. The summed E-state index contributed by atoms with van der Waals surface area (Å²) in [5.41, 5.74) is 4.55. The Balaban J connectivity index is 1.61. The van der Waals surface area contributed by atoms with Gasteiger partial charge in [0.05, 0.1) is 11.0 Å². The Morgan fingerprint density at radius 3 is 2.45 bits per heavy atom. The molecule has 0 bridgehead atoms. The van der Waals surface area contributed by atoms with E-state index in [9.17, 15) is 8.42 Å². The molecule has 0 saturated carbocycles. The highest BCUT2D eigenvalue weighted by atomic mass is 32.2. The lowest BCUT2D eigenvalue weighted by Gasteiger charge is -2.25. The van der Waals surface area contributed by atoms with Gasteiger partial charge in [-0.05, 0) is 73.1 Å². The first-order chi connectivity index (χ1) is 13.9. The third-order valence-electron chi connectivity index (χ3n) is 5.95. The minimum atomic E-state index is -3.59. The molecule has 0 N–H and O–H groups in total. The SMILES string of the molecule is CN(C)c1ccc(CN(C[C@@H]2CCCO2)S(=O)(=O)c2ccc3c(c2)CCC3)cc1. The normalized spacial score (nSPS) is 18.9. The molecule has 6 heteroatoms. The van der Waals surface area contributed by atoms with E-state index in [0.29, 0.717) is 18.0 Å². The molecule has 1 atom stereocenters. The van der Waals surface area contributed by atoms with Crippen LogP contribution in [0, 0.1) is 0 Å². The molecule has 0 radical (unpaired) electrons. The molecule has 0 aromatic heterocycles. The molecule has 2 aromatic carbocycles. The number of hydrogen-bond acceptors (Lipinski definition) is 4. The summed E-state index contributed by atoms with van der Waals surface area (Å²) in [6.07, 6.45) is 5.01. The maximum Gasteiger partial charge on any atom is 0.243 e. The summed E-state index contributed by atoms with van der Waals surface area (Å²) in [7, 11) is 0.402. The maximum absolute atomic E-state index is 13.6. The summed E-state index contributed by atoms with van der Waals surface area (Å²) in [5, 5.41) is 0. The van der Waals surface area contributed by atoms with Crippen LogP contribution in [0.4, 0.5) is 5.69 Å². The van der Waals surface area contributed by atoms with Gasteiger partial charge in [-0.25, -0.2) is 8.42 Å². The summed E-state index contributed by atoms with van der Waals surface area (Å²) >= 11 is 0. The van der Waals surface area contributed by atoms with Crippen LogP contribution in [0.2, 0.25) is 0 Å². The van der Waals surface area contributed by atoms with Crippen molar-refractivity contribution >= 4 is 15.7 Å².